The summed E-state index contributed by atoms with van der Waals surface area (Å²) in [6.45, 7) is 2.82. The minimum absolute atomic E-state index is 0.0769. The van der Waals surface area contributed by atoms with Gasteiger partial charge >= 0.3 is 12.0 Å². The summed E-state index contributed by atoms with van der Waals surface area (Å²) >= 11 is 0. The van der Waals surface area contributed by atoms with E-state index < -0.39 is 5.97 Å². The van der Waals surface area contributed by atoms with Gasteiger partial charge in [0.25, 0.3) is 0 Å². The quantitative estimate of drug-likeness (QED) is 0.766. The second-order valence-corrected chi connectivity index (χ2v) is 6.12. The minimum Gasteiger partial charge on any atom is -0.481 e. The molecule has 6 heteroatoms. The fraction of sp³-hybridized carbons (Fsp3) is 0.846. The van der Waals surface area contributed by atoms with Gasteiger partial charge in [0, 0.05) is 19.1 Å². The molecule has 0 aromatic carbocycles. The highest BCUT2D eigenvalue weighted by Gasteiger charge is 2.52. The van der Waals surface area contributed by atoms with Gasteiger partial charge in [0.2, 0.25) is 0 Å². The number of nitrogens with zero attached hydrogens (tertiary/aromatic N) is 2. The molecule has 0 spiro atoms. The number of hydrogen-bond donors (Lipinski definition) is 2. The van der Waals surface area contributed by atoms with Crippen molar-refractivity contribution in [2.45, 2.75) is 31.3 Å². The summed E-state index contributed by atoms with van der Waals surface area (Å²) in [5.74, 6) is -0.632. The van der Waals surface area contributed by atoms with E-state index in [2.05, 4.69) is 17.3 Å². The Morgan fingerprint density at radius 1 is 1.42 bits per heavy atom. The van der Waals surface area contributed by atoms with E-state index in [1.807, 2.05) is 0 Å². The maximum atomic E-state index is 12.0. The molecular formula is C13H21N3O3. The summed E-state index contributed by atoms with van der Waals surface area (Å²) in [5.41, 5.74) is 0. The number of carbonyl (C=O) groups is 2. The Labute approximate surface area is 112 Å². The van der Waals surface area contributed by atoms with Gasteiger partial charge in [-0.25, -0.2) is 4.79 Å². The zero-order valence-corrected chi connectivity index (χ0v) is 11.2. The van der Waals surface area contributed by atoms with E-state index in [1.54, 1.807) is 4.90 Å². The molecule has 2 aliphatic heterocycles. The first kappa shape index (κ1) is 12.7. The van der Waals surface area contributed by atoms with E-state index in [-0.39, 0.29) is 24.0 Å². The predicted octanol–water partition coefficient (Wildman–Crippen LogP) is 0.195. The van der Waals surface area contributed by atoms with Crippen molar-refractivity contribution in [1.82, 2.24) is 15.1 Å². The van der Waals surface area contributed by atoms with Crippen molar-refractivity contribution in [2.75, 3.05) is 26.7 Å². The van der Waals surface area contributed by atoms with Gasteiger partial charge in [-0.2, -0.15) is 0 Å². The third-order valence-corrected chi connectivity index (χ3v) is 4.67. The maximum absolute atomic E-state index is 12.0. The van der Waals surface area contributed by atoms with Crippen molar-refractivity contribution in [2.24, 2.45) is 11.8 Å². The van der Waals surface area contributed by atoms with Gasteiger partial charge in [0.05, 0.1) is 12.0 Å². The van der Waals surface area contributed by atoms with Crippen molar-refractivity contribution in [1.29, 1.82) is 0 Å². The second-order valence-electron chi connectivity index (χ2n) is 6.12. The lowest BCUT2D eigenvalue weighted by Crippen LogP contribution is -2.43. The van der Waals surface area contributed by atoms with Crippen molar-refractivity contribution in [3.8, 4) is 0 Å². The van der Waals surface area contributed by atoms with Crippen LogP contribution >= 0.6 is 0 Å². The number of rotatable bonds is 3. The summed E-state index contributed by atoms with van der Waals surface area (Å²) < 4.78 is 0. The molecule has 6 nitrogen and oxygen atoms in total. The molecule has 3 fully saturated rings. The Kier molecular flexibility index (Phi) is 3.12. The third kappa shape index (κ3) is 2.41. The molecule has 2 amide bonds. The number of carboxylic acids is 1. The van der Waals surface area contributed by atoms with E-state index >= 15 is 0 Å². The number of amides is 2. The number of nitrogens with one attached hydrogen (secondary N) is 1. The molecule has 1 aliphatic carbocycles. The van der Waals surface area contributed by atoms with Crippen LogP contribution in [-0.4, -0.2) is 65.7 Å². The van der Waals surface area contributed by atoms with Crippen LogP contribution in [0.5, 0.6) is 0 Å². The Hall–Kier alpha value is -1.30. The highest BCUT2D eigenvalue weighted by molar-refractivity contribution is 5.81. The fourth-order valence-corrected chi connectivity index (χ4v) is 3.46. The average molecular weight is 267 g/mol. The molecular weight excluding hydrogens is 246 g/mol. The van der Waals surface area contributed by atoms with Gasteiger partial charge in [-0.15, -0.1) is 0 Å². The third-order valence-electron chi connectivity index (χ3n) is 4.67. The monoisotopic (exact) mass is 267 g/mol. The smallest absolute Gasteiger partial charge is 0.318 e. The van der Waals surface area contributed by atoms with Crippen LogP contribution in [0.15, 0.2) is 0 Å². The van der Waals surface area contributed by atoms with Gasteiger partial charge in [-0.05, 0) is 38.8 Å². The molecule has 4 atom stereocenters. The van der Waals surface area contributed by atoms with Crippen LogP contribution in [0.1, 0.15) is 19.3 Å². The standard InChI is InChI=1S/C13H21N3O3/c1-15-4-2-3-8(6-15)10-7-16(13(19)14-10)11-5-9(11)12(17)18/h8-11H,2-7H2,1H3,(H,14,19)(H,17,18). The Balaban J connectivity index is 1.59. The first-order valence-electron chi connectivity index (χ1n) is 7.04. The van der Waals surface area contributed by atoms with Crippen molar-refractivity contribution in [3.05, 3.63) is 0 Å². The summed E-state index contributed by atoms with van der Waals surface area (Å²) in [6.07, 6.45) is 2.94. The van der Waals surface area contributed by atoms with Crippen LogP contribution in [0, 0.1) is 11.8 Å². The number of carboxylic acid groups (broad SMARTS) is 1. The van der Waals surface area contributed by atoms with Crippen LogP contribution in [0.25, 0.3) is 0 Å². The predicted molar refractivity (Wildman–Crippen MR) is 68.8 cm³/mol. The van der Waals surface area contributed by atoms with E-state index in [0.717, 1.165) is 19.5 Å². The largest absolute Gasteiger partial charge is 0.481 e. The molecule has 19 heavy (non-hydrogen) atoms. The number of piperidine rings is 1. The fourth-order valence-electron chi connectivity index (χ4n) is 3.46. The van der Waals surface area contributed by atoms with E-state index in [9.17, 15) is 9.59 Å². The lowest BCUT2D eigenvalue weighted by molar-refractivity contribution is -0.138. The Bertz CT molecular complexity index is 401. The van der Waals surface area contributed by atoms with Crippen molar-refractivity contribution >= 4 is 12.0 Å². The van der Waals surface area contributed by atoms with Crippen LogP contribution in [0.4, 0.5) is 4.79 Å². The molecule has 4 unspecified atom stereocenters. The Morgan fingerprint density at radius 2 is 2.21 bits per heavy atom. The zero-order valence-electron chi connectivity index (χ0n) is 11.2. The molecule has 2 heterocycles. The van der Waals surface area contributed by atoms with E-state index in [4.69, 9.17) is 5.11 Å². The minimum atomic E-state index is -0.779. The Morgan fingerprint density at radius 3 is 2.84 bits per heavy atom. The lowest BCUT2D eigenvalue weighted by Gasteiger charge is -2.33. The average Bonchev–Trinajstić information content (AvgIpc) is 3.06. The first-order chi connectivity index (χ1) is 9.06. The number of urea groups is 1. The molecule has 0 bridgehead atoms. The first-order valence-corrected chi connectivity index (χ1v) is 7.04. The van der Waals surface area contributed by atoms with Crippen LogP contribution < -0.4 is 5.32 Å². The van der Waals surface area contributed by atoms with Gasteiger partial charge in [0.15, 0.2) is 0 Å². The zero-order chi connectivity index (χ0) is 13.6. The summed E-state index contributed by atoms with van der Waals surface area (Å²) in [4.78, 5) is 26.9. The maximum Gasteiger partial charge on any atom is 0.318 e. The summed E-state index contributed by atoms with van der Waals surface area (Å²) in [6, 6.07) is 0.0288. The number of aliphatic carboxylic acids is 1. The second kappa shape index (κ2) is 4.67. The molecule has 1 saturated carbocycles. The number of carbonyl (C=O) groups excluding carboxylic acids is 1. The van der Waals surface area contributed by atoms with Crippen LogP contribution in [-0.2, 0) is 4.79 Å². The van der Waals surface area contributed by atoms with Crippen LogP contribution in [0.3, 0.4) is 0 Å². The van der Waals surface area contributed by atoms with Gasteiger partial charge < -0.3 is 20.2 Å². The molecule has 2 N–H and O–H groups in total. The van der Waals surface area contributed by atoms with Gasteiger partial charge in [-0.1, -0.05) is 0 Å². The highest BCUT2D eigenvalue weighted by atomic mass is 16.4. The summed E-state index contributed by atoms with van der Waals surface area (Å²) in [5, 5.41) is 12.0. The van der Waals surface area contributed by atoms with E-state index in [0.29, 0.717) is 18.9 Å². The molecule has 0 aromatic rings. The highest BCUT2D eigenvalue weighted by Crippen LogP contribution is 2.38. The van der Waals surface area contributed by atoms with Gasteiger partial charge in [0.1, 0.15) is 0 Å². The summed E-state index contributed by atoms with van der Waals surface area (Å²) in [7, 11) is 2.11. The molecule has 2 saturated heterocycles. The van der Waals surface area contributed by atoms with Crippen LogP contribution in [0.2, 0.25) is 0 Å². The van der Waals surface area contributed by atoms with Crippen molar-refractivity contribution < 1.29 is 14.7 Å². The topological polar surface area (TPSA) is 72.9 Å². The van der Waals surface area contributed by atoms with Crippen molar-refractivity contribution in [3.63, 3.8) is 0 Å². The SMILES string of the molecule is CN1CCCC(C2CN(C3CC3C(=O)O)C(=O)N2)C1. The molecule has 3 rings (SSSR count). The normalized spacial score (nSPS) is 39.2. The van der Waals surface area contributed by atoms with E-state index in [1.165, 1.54) is 6.42 Å². The number of hydrogen-bond acceptors (Lipinski definition) is 3. The lowest BCUT2D eigenvalue weighted by atomic mass is 9.91. The molecule has 0 radical (unpaired) electrons. The molecule has 0 aromatic heterocycles. The van der Waals surface area contributed by atoms with Gasteiger partial charge in [-0.3, -0.25) is 4.79 Å². The molecule has 3 aliphatic rings. The number of likely N-dealkylation sites (tertiary alicyclic amines) is 1. The molecule has 106 valence electrons.